The number of nitro groups is 1. The predicted octanol–water partition coefficient (Wildman–Crippen LogP) is 2.80. The second-order valence-corrected chi connectivity index (χ2v) is 5.38. The van der Waals surface area contributed by atoms with Crippen LogP contribution in [0.15, 0.2) is 42.7 Å². The van der Waals surface area contributed by atoms with Crippen molar-refractivity contribution in [2.75, 3.05) is 5.32 Å². The highest BCUT2D eigenvalue weighted by atomic mass is 16.6. The quantitative estimate of drug-likeness (QED) is 0.572. The third-order valence-electron chi connectivity index (χ3n) is 3.44. The molecule has 0 aliphatic heterocycles. The molecule has 0 atom stereocenters. The molecular weight excluding hydrogens is 308 g/mol. The molecule has 122 valence electrons. The highest BCUT2D eigenvalue weighted by molar-refractivity contribution is 5.40. The van der Waals surface area contributed by atoms with Crippen molar-refractivity contribution in [3.63, 3.8) is 0 Å². The van der Waals surface area contributed by atoms with Gasteiger partial charge in [-0.1, -0.05) is 12.1 Å². The molecule has 1 N–H and O–H groups in total. The van der Waals surface area contributed by atoms with E-state index in [9.17, 15) is 10.1 Å². The number of nitro benzene ring substituents is 1. The molecule has 24 heavy (non-hydrogen) atoms. The van der Waals surface area contributed by atoms with E-state index in [2.05, 4.69) is 20.4 Å². The van der Waals surface area contributed by atoms with Crippen LogP contribution in [0, 0.1) is 24.0 Å². The molecule has 0 saturated heterocycles. The Hall–Kier alpha value is -3.29. The summed E-state index contributed by atoms with van der Waals surface area (Å²) in [7, 11) is 0. The first-order chi connectivity index (χ1) is 11.5. The minimum absolute atomic E-state index is 0.0665. The first kappa shape index (κ1) is 15.6. The number of aryl methyl sites for hydroxylation is 2. The lowest BCUT2D eigenvalue weighted by molar-refractivity contribution is -0.384. The lowest BCUT2D eigenvalue weighted by Gasteiger charge is -2.08. The Morgan fingerprint density at radius 1 is 1.25 bits per heavy atom. The Balaban J connectivity index is 1.77. The number of nitrogens with zero attached hydrogens (tertiary/aromatic N) is 5. The molecule has 0 saturated carbocycles. The molecule has 3 aromatic rings. The van der Waals surface area contributed by atoms with Crippen LogP contribution in [0.1, 0.15) is 17.0 Å². The summed E-state index contributed by atoms with van der Waals surface area (Å²) in [5.41, 5.74) is 2.74. The molecule has 3 rings (SSSR count). The molecule has 0 amide bonds. The van der Waals surface area contributed by atoms with E-state index in [0.717, 1.165) is 17.0 Å². The van der Waals surface area contributed by atoms with Crippen LogP contribution in [0.4, 0.5) is 11.5 Å². The van der Waals surface area contributed by atoms with Gasteiger partial charge in [0, 0.05) is 24.4 Å². The number of aromatic nitrogens is 4. The zero-order valence-electron chi connectivity index (χ0n) is 13.3. The number of anilines is 1. The first-order valence-corrected chi connectivity index (χ1v) is 7.36. The highest BCUT2D eigenvalue weighted by Gasteiger charge is 2.08. The topological polar surface area (TPSA) is 98.8 Å². The zero-order valence-corrected chi connectivity index (χ0v) is 13.3. The molecule has 8 heteroatoms. The van der Waals surface area contributed by atoms with Crippen LogP contribution in [0.2, 0.25) is 0 Å². The summed E-state index contributed by atoms with van der Waals surface area (Å²) in [6.07, 6.45) is 3.24. The molecular formula is C16H16N6O2. The molecule has 8 nitrogen and oxygen atoms in total. The van der Waals surface area contributed by atoms with E-state index in [1.165, 1.54) is 12.1 Å². The van der Waals surface area contributed by atoms with Gasteiger partial charge in [0.25, 0.3) is 5.69 Å². The minimum Gasteiger partial charge on any atom is -0.365 e. The summed E-state index contributed by atoms with van der Waals surface area (Å²) in [4.78, 5) is 19.1. The van der Waals surface area contributed by atoms with Crippen molar-refractivity contribution < 1.29 is 4.92 Å². The van der Waals surface area contributed by atoms with Gasteiger partial charge in [0.1, 0.15) is 5.82 Å². The van der Waals surface area contributed by atoms with Crippen molar-refractivity contribution >= 4 is 11.5 Å². The maximum Gasteiger partial charge on any atom is 0.269 e. The smallest absolute Gasteiger partial charge is 0.269 e. The number of rotatable bonds is 5. The van der Waals surface area contributed by atoms with Gasteiger partial charge < -0.3 is 5.32 Å². The van der Waals surface area contributed by atoms with Crippen LogP contribution in [-0.4, -0.2) is 24.7 Å². The average molecular weight is 324 g/mol. The molecule has 0 aliphatic rings. The van der Waals surface area contributed by atoms with E-state index >= 15 is 0 Å². The van der Waals surface area contributed by atoms with E-state index in [4.69, 9.17) is 0 Å². The summed E-state index contributed by atoms with van der Waals surface area (Å²) in [6.45, 7) is 4.28. The third-order valence-corrected chi connectivity index (χ3v) is 3.44. The van der Waals surface area contributed by atoms with Gasteiger partial charge in [-0.3, -0.25) is 15.1 Å². The second-order valence-electron chi connectivity index (χ2n) is 5.38. The predicted molar refractivity (Wildman–Crippen MR) is 89.1 cm³/mol. The van der Waals surface area contributed by atoms with E-state index in [0.29, 0.717) is 18.2 Å². The largest absolute Gasteiger partial charge is 0.365 e. The van der Waals surface area contributed by atoms with E-state index < -0.39 is 4.92 Å². The van der Waals surface area contributed by atoms with Crippen LogP contribution >= 0.6 is 0 Å². The number of benzene rings is 1. The van der Waals surface area contributed by atoms with Crippen LogP contribution in [0.3, 0.4) is 0 Å². The molecule has 2 aromatic heterocycles. The van der Waals surface area contributed by atoms with Gasteiger partial charge in [-0.25, -0.2) is 9.67 Å². The number of hydrogen-bond donors (Lipinski definition) is 1. The van der Waals surface area contributed by atoms with Gasteiger partial charge in [0.2, 0.25) is 0 Å². The Morgan fingerprint density at radius 2 is 2.08 bits per heavy atom. The van der Waals surface area contributed by atoms with Crippen LogP contribution < -0.4 is 5.32 Å². The Morgan fingerprint density at radius 3 is 2.79 bits per heavy atom. The minimum atomic E-state index is -0.410. The Kier molecular flexibility index (Phi) is 4.19. The van der Waals surface area contributed by atoms with Gasteiger partial charge in [-0.15, -0.1) is 0 Å². The van der Waals surface area contributed by atoms with Crippen molar-refractivity contribution in [1.29, 1.82) is 0 Å². The summed E-state index contributed by atoms with van der Waals surface area (Å²) in [6, 6.07) is 8.44. The van der Waals surface area contributed by atoms with Gasteiger partial charge in [0.15, 0.2) is 5.82 Å². The summed E-state index contributed by atoms with van der Waals surface area (Å²) >= 11 is 0. The van der Waals surface area contributed by atoms with Gasteiger partial charge in [-0.05, 0) is 25.5 Å². The fraction of sp³-hybridized carbons (Fsp3) is 0.188. The molecule has 0 radical (unpaired) electrons. The Bertz CT molecular complexity index is 890. The lowest BCUT2D eigenvalue weighted by Crippen LogP contribution is -2.07. The van der Waals surface area contributed by atoms with E-state index in [-0.39, 0.29) is 5.69 Å². The average Bonchev–Trinajstić information content (AvgIpc) is 2.92. The second kappa shape index (κ2) is 6.45. The molecule has 0 bridgehead atoms. The van der Waals surface area contributed by atoms with E-state index in [1.54, 1.807) is 23.1 Å². The first-order valence-electron chi connectivity index (χ1n) is 7.36. The van der Waals surface area contributed by atoms with Crippen molar-refractivity contribution in [3.8, 4) is 5.82 Å². The standard InChI is InChI=1S/C16H16N6O2/c1-11-6-12(2)21(20-11)16-10-17-9-15(19-16)18-8-13-4-3-5-14(7-13)22(23)24/h3-7,9-10H,8H2,1-2H3,(H,18,19). The molecule has 1 aromatic carbocycles. The normalized spacial score (nSPS) is 10.6. The number of hydrogen-bond acceptors (Lipinski definition) is 6. The summed E-state index contributed by atoms with van der Waals surface area (Å²) in [5.74, 6) is 1.19. The summed E-state index contributed by atoms with van der Waals surface area (Å²) < 4.78 is 1.72. The fourth-order valence-corrected chi connectivity index (χ4v) is 2.38. The molecule has 0 aliphatic carbocycles. The maximum absolute atomic E-state index is 10.8. The number of nitrogens with one attached hydrogen (secondary N) is 1. The molecule has 0 spiro atoms. The zero-order chi connectivity index (χ0) is 17.1. The van der Waals surface area contributed by atoms with Gasteiger partial charge >= 0.3 is 0 Å². The van der Waals surface area contributed by atoms with Crippen molar-refractivity contribution in [1.82, 2.24) is 19.7 Å². The van der Waals surface area contributed by atoms with Crippen molar-refractivity contribution in [2.24, 2.45) is 0 Å². The van der Waals surface area contributed by atoms with Crippen LogP contribution in [0.25, 0.3) is 5.82 Å². The third kappa shape index (κ3) is 3.37. The number of non-ortho nitro benzene ring substituents is 1. The van der Waals surface area contributed by atoms with Crippen molar-refractivity contribution in [3.05, 3.63) is 69.8 Å². The monoisotopic (exact) mass is 324 g/mol. The Labute approximate surface area is 138 Å². The maximum atomic E-state index is 10.8. The van der Waals surface area contributed by atoms with Crippen LogP contribution in [-0.2, 0) is 6.54 Å². The van der Waals surface area contributed by atoms with Gasteiger partial charge in [-0.2, -0.15) is 5.10 Å². The SMILES string of the molecule is Cc1cc(C)n(-c2cncc(NCc3cccc([N+](=O)[O-])c3)n2)n1. The van der Waals surface area contributed by atoms with Crippen LogP contribution in [0.5, 0.6) is 0 Å². The van der Waals surface area contributed by atoms with Gasteiger partial charge in [0.05, 0.1) is 23.0 Å². The molecule has 0 unspecified atom stereocenters. The fourth-order valence-electron chi connectivity index (χ4n) is 2.38. The molecule has 0 fully saturated rings. The lowest BCUT2D eigenvalue weighted by atomic mass is 10.2. The summed E-state index contributed by atoms with van der Waals surface area (Å²) in [5, 5.41) is 18.3. The highest BCUT2D eigenvalue weighted by Crippen LogP contribution is 2.15. The molecule has 2 heterocycles. The van der Waals surface area contributed by atoms with Crippen molar-refractivity contribution in [2.45, 2.75) is 20.4 Å². The van der Waals surface area contributed by atoms with E-state index in [1.807, 2.05) is 26.0 Å².